The minimum absolute atomic E-state index is 0.0430. The Bertz CT molecular complexity index is 418. The first-order valence-corrected chi connectivity index (χ1v) is 5.94. The average molecular weight is 239 g/mol. The van der Waals surface area contributed by atoms with Gasteiger partial charge in [-0.15, -0.1) is 0 Å². The molecule has 0 amide bonds. The van der Waals surface area contributed by atoms with Crippen molar-refractivity contribution >= 4 is 5.97 Å². The minimum atomic E-state index is -1.06. The molecule has 2 rings (SSSR count). The lowest BCUT2D eigenvalue weighted by Gasteiger charge is -2.18. The van der Waals surface area contributed by atoms with Crippen molar-refractivity contribution in [2.45, 2.75) is 45.1 Å². The number of nitrogens with zero attached hydrogens (tertiary/aromatic N) is 1. The summed E-state index contributed by atoms with van der Waals surface area (Å²) in [6.45, 7) is 4.55. The van der Waals surface area contributed by atoms with Gasteiger partial charge in [0.1, 0.15) is 5.60 Å². The topological polar surface area (TPSA) is 72.6 Å². The molecular formula is C12H17NO4. The van der Waals surface area contributed by atoms with Crippen molar-refractivity contribution < 1.29 is 19.1 Å². The smallest absolute Gasteiger partial charge is 0.373 e. The van der Waals surface area contributed by atoms with E-state index in [1.54, 1.807) is 0 Å². The molecule has 1 saturated heterocycles. The summed E-state index contributed by atoms with van der Waals surface area (Å²) in [6.07, 6.45) is 3.22. The molecular weight excluding hydrogens is 222 g/mol. The molecule has 0 aromatic carbocycles. The van der Waals surface area contributed by atoms with Crippen LogP contribution in [-0.4, -0.2) is 22.7 Å². The normalized spacial score (nSPS) is 24.1. The zero-order valence-corrected chi connectivity index (χ0v) is 10.2. The van der Waals surface area contributed by atoms with E-state index >= 15 is 0 Å². The van der Waals surface area contributed by atoms with Gasteiger partial charge in [-0.1, -0.05) is 13.3 Å². The van der Waals surface area contributed by atoms with E-state index < -0.39 is 11.6 Å². The molecule has 1 aliphatic heterocycles. The third kappa shape index (κ3) is 2.20. The van der Waals surface area contributed by atoms with E-state index in [0.717, 1.165) is 19.3 Å². The predicted molar refractivity (Wildman–Crippen MR) is 60.0 cm³/mol. The minimum Gasteiger partial charge on any atom is -0.475 e. The fourth-order valence-corrected chi connectivity index (χ4v) is 2.10. The molecule has 94 valence electrons. The van der Waals surface area contributed by atoms with E-state index in [1.165, 1.54) is 0 Å². The van der Waals surface area contributed by atoms with Gasteiger partial charge in [0, 0.05) is 6.61 Å². The van der Waals surface area contributed by atoms with Gasteiger partial charge in [-0.25, -0.2) is 9.78 Å². The maximum absolute atomic E-state index is 11.1. The second kappa shape index (κ2) is 4.49. The van der Waals surface area contributed by atoms with Crippen LogP contribution < -0.4 is 0 Å². The van der Waals surface area contributed by atoms with Crippen molar-refractivity contribution in [3.05, 3.63) is 17.3 Å². The van der Waals surface area contributed by atoms with Gasteiger partial charge in [0.25, 0.3) is 0 Å². The molecule has 0 aliphatic carbocycles. The molecule has 17 heavy (non-hydrogen) atoms. The zero-order valence-electron chi connectivity index (χ0n) is 10.2. The van der Waals surface area contributed by atoms with Gasteiger partial charge in [-0.05, 0) is 26.2 Å². The Morgan fingerprint density at radius 2 is 2.35 bits per heavy atom. The van der Waals surface area contributed by atoms with Gasteiger partial charge in [0.15, 0.2) is 0 Å². The second-order valence-corrected chi connectivity index (χ2v) is 4.53. The fraction of sp³-hybridized carbons (Fsp3) is 0.667. The summed E-state index contributed by atoms with van der Waals surface area (Å²) < 4.78 is 11.0. The van der Waals surface area contributed by atoms with E-state index in [0.29, 0.717) is 24.6 Å². The number of carbonyl (C=O) groups is 1. The molecule has 0 spiro atoms. The lowest BCUT2D eigenvalue weighted by molar-refractivity contribution is -0.00630. The van der Waals surface area contributed by atoms with Crippen LogP contribution in [0.5, 0.6) is 0 Å². The van der Waals surface area contributed by atoms with E-state index in [4.69, 9.17) is 14.3 Å². The highest BCUT2D eigenvalue weighted by atomic mass is 16.5. The van der Waals surface area contributed by atoms with Crippen molar-refractivity contribution in [1.82, 2.24) is 4.98 Å². The monoisotopic (exact) mass is 239 g/mol. The maximum Gasteiger partial charge on any atom is 0.373 e. The molecule has 1 N–H and O–H groups in total. The summed E-state index contributed by atoms with van der Waals surface area (Å²) in [5.41, 5.74) is -0.0392. The summed E-state index contributed by atoms with van der Waals surface area (Å²) in [7, 11) is 0. The van der Waals surface area contributed by atoms with Gasteiger partial charge in [-0.3, -0.25) is 0 Å². The van der Waals surface area contributed by atoms with Gasteiger partial charge in [0.05, 0.1) is 5.69 Å². The number of rotatable bonds is 4. The van der Waals surface area contributed by atoms with Gasteiger partial charge in [-0.2, -0.15) is 0 Å². The molecule has 5 heteroatoms. The molecule has 2 heterocycles. The number of carboxylic acid groups (broad SMARTS) is 1. The fourth-order valence-electron chi connectivity index (χ4n) is 2.10. The highest BCUT2D eigenvalue weighted by Gasteiger charge is 2.38. The first kappa shape index (κ1) is 12.1. The number of hydrogen-bond donors (Lipinski definition) is 1. The Morgan fingerprint density at radius 1 is 1.59 bits per heavy atom. The van der Waals surface area contributed by atoms with Crippen molar-refractivity contribution in [1.29, 1.82) is 0 Å². The summed E-state index contributed by atoms with van der Waals surface area (Å²) in [6, 6.07) is 0. The predicted octanol–water partition coefficient (Wildman–Crippen LogP) is 2.35. The van der Waals surface area contributed by atoms with Crippen molar-refractivity contribution in [2.75, 3.05) is 6.61 Å². The Morgan fingerprint density at radius 3 is 2.88 bits per heavy atom. The van der Waals surface area contributed by atoms with Crippen LogP contribution in [0.2, 0.25) is 0 Å². The molecule has 1 aromatic heterocycles. The molecule has 1 fully saturated rings. The molecule has 1 aliphatic rings. The van der Waals surface area contributed by atoms with Crippen LogP contribution in [0.1, 0.15) is 55.2 Å². The largest absolute Gasteiger partial charge is 0.475 e. The number of hydrogen-bond acceptors (Lipinski definition) is 4. The Balaban J connectivity index is 2.36. The zero-order chi connectivity index (χ0) is 12.5. The van der Waals surface area contributed by atoms with E-state index in [-0.39, 0.29) is 5.76 Å². The van der Waals surface area contributed by atoms with Crippen molar-refractivity contribution in [3.63, 3.8) is 0 Å². The van der Waals surface area contributed by atoms with E-state index in [2.05, 4.69) is 4.98 Å². The van der Waals surface area contributed by atoms with Crippen LogP contribution in [0.4, 0.5) is 0 Å². The lowest BCUT2D eigenvalue weighted by Crippen LogP contribution is -2.20. The number of oxazole rings is 1. The molecule has 0 saturated carbocycles. The second-order valence-electron chi connectivity index (χ2n) is 4.53. The third-order valence-electron chi connectivity index (χ3n) is 3.05. The Kier molecular flexibility index (Phi) is 3.19. The van der Waals surface area contributed by atoms with Crippen LogP contribution in [0.25, 0.3) is 0 Å². The Hall–Kier alpha value is -1.36. The van der Waals surface area contributed by atoms with Crippen molar-refractivity contribution in [2.24, 2.45) is 0 Å². The van der Waals surface area contributed by atoms with Gasteiger partial charge >= 0.3 is 5.97 Å². The number of carboxylic acids is 1. The third-order valence-corrected chi connectivity index (χ3v) is 3.05. The molecule has 1 unspecified atom stereocenters. The number of ether oxygens (including phenoxy) is 1. The SMILES string of the molecule is CCCc1nc(C2(C)CCCO2)oc1C(=O)O. The van der Waals surface area contributed by atoms with Crippen LogP contribution in [-0.2, 0) is 16.8 Å². The quantitative estimate of drug-likeness (QED) is 0.873. The summed E-state index contributed by atoms with van der Waals surface area (Å²) in [5, 5.41) is 9.06. The van der Waals surface area contributed by atoms with Crippen LogP contribution in [0.15, 0.2) is 4.42 Å². The standard InChI is InChI=1S/C12H17NO4/c1-3-5-8-9(10(14)15)17-11(13-8)12(2)6-4-7-16-12/h3-7H2,1-2H3,(H,14,15). The molecule has 1 atom stereocenters. The summed E-state index contributed by atoms with van der Waals surface area (Å²) >= 11 is 0. The average Bonchev–Trinajstić information content (AvgIpc) is 2.86. The highest BCUT2D eigenvalue weighted by molar-refractivity contribution is 5.85. The summed E-state index contributed by atoms with van der Waals surface area (Å²) in [4.78, 5) is 15.4. The first-order chi connectivity index (χ1) is 8.07. The molecule has 0 radical (unpaired) electrons. The molecule has 5 nitrogen and oxygen atoms in total. The number of aryl methyl sites for hydroxylation is 1. The van der Waals surface area contributed by atoms with E-state index in [9.17, 15) is 4.79 Å². The van der Waals surface area contributed by atoms with Crippen molar-refractivity contribution in [3.8, 4) is 0 Å². The van der Waals surface area contributed by atoms with E-state index in [1.807, 2.05) is 13.8 Å². The van der Waals surface area contributed by atoms with Gasteiger partial charge in [0.2, 0.25) is 11.7 Å². The number of aromatic carboxylic acids is 1. The molecule has 0 bridgehead atoms. The van der Waals surface area contributed by atoms with Crippen LogP contribution >= 0.6 is 0 Å². The van der Waals surface area contributed by atoms with Crippen LogP contribution in [0, 0.1) is 0 Å². The maximum atomic E-state index is 11.1. The first-order valence-electron chi connectivity index (χ1n) is 5.94. The van der Waals surface area contributed by atoms with Gasteiger partial charge < -0.3 is 14.3 Å². The summed E-state index contributed by atoms with van der Waals surface area (Å²) in [5.74, 6) is -0.705. The number of aromatic nitrogens is 1. The Labute approximate surface area is 99.8 Å². The molecule has 1 aromatic rings. The highest BCUT2D eigenvalue weighted by Crippen LogP contribution is 2.36. The lowest BCUT2D eigenvalue weighted by atomic mass is 10.0. The van der Waals surface area contributed by atoms with Crippen LogP contribution in [0.3, 0.4) is 0 Å².